The molecule has 31 heavy (non-hydrogen) atoms. The first kappa shape index (κ1) is 25.3. The summed E-state index contributed by atoms with van der Waals surface area (Å²) in [4.78, 5) is 8.89. The molecular formula is C22H30FIN4O3. The van der Waals surface area contributed by atoms with E-state index in [2.05, 4.69) is 20.6 Å². The number of ether oxygens (including phenoxy) is 3. The summed E-state index contributed by atoms with van der Waals surface area (Å²) < 4.78 is 29.6. The highest BCUT2D eigenvalue weighted by Crippen LogP contribution is 2.19. The fourth-order valence-corrected chi connectivity index (χ4v) is 2.87. The van der Waals surface area contributed by atoms with Gasteiger partial charge in [-0.1, -0.05) is 6.07 Å². The van der Waals surface area contributed by atoms with Crippen molar-refractivity contribution in [3.05, 3.63) is 54.0 Å². The van der Waals surface area contributed by atoms with E-state index in [1.165, 1.54) is 12.1 Å². The number of benzene rings is 1. The molecule has 1 aliphatic rings. The van der Waals surface area contributed by atoms with Gasteiger partial charge in [0.1, 0.15) is 11.6 Å². The summed E-state index contributed by atoms with van der Waals surface area (Å²) in [5.74, 6) is 1.45. The molecule has 1 aromatic carbocycles. The number of guanidine groups is 1. The van der Waals surface area contributed by atoms with Crippen LogP contribution in [-0.2, 0) is 16.0 Å². The van der Waals surface area contributed by atoms with Gasteiger partial charge in [0.15, 0.2) is 5.96 Å². The molecule has 1 atom stereocenters. The van der Waals surface area contributed by atoms with Crippen LogP contribution in [0.5, 0.6) is 11.6 Å². The van der Waals surface area contributed by atoms with Gasteiger partial charge in [0.25, 0.3) is 0 Å². The van der Waals surface area contributed by atoms with Crippen molar-refractivity contribution < 1.29 is 18.6 Å². The Morgan fingerprint density at radius 2 is 2.06 bits per heavy atom. The quantitative estimate of drug-likeness (QED) is 0.205. The van der Waals surface area contributed by atoms with Gasteiger partial charge in [0.05, 0.1) is 19.3 Å². The zero-order valence-corrected chi connectivity index (χ0v) is 20.0. The second-order valence-corrected chi connectivity index (χ2v) is 6.89. The second kappa shape index (κ2) is 14.2. The summed E-state index contributed by atoms with van der Waals surface area (Å²) in [5.41, 5.74) is 0.961. The molecule has 9 heteroatoms. The van der Waals surface area contributed by atoms with E-state index in [4.69, 9.17) is 14.2 Å². The molecule has 170 valence electrons. The molecule has 1 aliphatic heterocycles. The van der Waals surface area contributed by atoms with Crippen LogP contribution in [0.3, 0.4) is 0 Å². The maximum absolute atomic E-state index is 13.0. The molecule has 1 saturated heterocycles. The number of aliphatic imine (C=N–C) groups is 1. The van der Waals surface area contributed by atoms with Crippen molar-refractivity contribution in [2.75, 3.05) is 32.9 Å². The van der Waals surface area contributed by atoms with Gasteiger partial charge in [-0.2, -0.15) is 0 Å². The average Bonchev–Trinajstić information content (AvgIpc) is 3.28. The molecule has 0 aliphatic carbocycles. The molecule has 2 aromatic rings. The number of hydrogen-bond donors (Lipinski definition) is 2. The number of rotatable bonds is 10. The predicted molar refractivity (Wildman–Crippen MR) is 129 cm³/mol. The molecule has 1 unspecified atom stereocenters. The number of nitrogens with zero attached hydrogens (tertiary/aromatic N) is 2. The number of pyridine rings is 1. The highest BCUT2D eigenvalue weighted by molar-refractivity contribution is 14.0. The molecule has 1 aromatic heterocycles. The molecule has 2 heterocycles. The van der Waals surface area contributed by atoms with Crippen LogP contribution in [0, 0.1) is 5.82 Å². The Labute approximate surface area is 199 Å². The van der Waals surface area contributed by atoms with Crippen molar-refractivity contribution in [3.63, 3.8) is 0 Å². The van der Waals surface area contributed by atoms with Crippen LogP contribution >= 0.6 is 24.0 Å². The molecule has 2 N–H and O–H groups in total. The lowest BCUT2D eigenvalue weighted by atomic mass is 10.3. The van der Waals surface area contributed by atoms with E-state index < -0.39 is 0 Å². The molecule has 0 radical (unpaired) electrons. The molecule has 0 bridgehead atoms. The highest BCUT2D eigenvalue weighted by atomic mass is 127. The molecular weight excluding hydrogens is 514 g/mol. The van der Waals surface area contributed by atoms with Crippen LogP contribution in [-0.4, -0.2) is 50.0 Å². The van der Waals surface area contributed by atoms with E-state index in [9.17, 15) is 4.39 Å². The first-order valence-electron chi connectivity index (χ1n) is 10.3. The Morgan fingerprint density at radius 1 is 1.23 bits per heavy atom. The fraction of sp³-hybridized carbons (Fsp3) is 0.455. The van der Waals surface area contributed by atoms with E-state index >= 15 is 0 Å². The van der Waals surface area contributed by atoms with Gasteiger partial charge in [-0.25, -0.2) is 14.4 Å². The Morgan fingerprint density at radius 3 is 2.74 bits per heavy atom. The van der Waals surface area contributed by atoms with Gasteiger partial charge in [-0.15, -0.1) is 24.0 Å². The number of hydrogen-bond acceptors (Lipinski definition) is 5. The Balaban J connectivity index is 0.00000341. The van der Waals surface area contributed by atoms with Crippen molar-refractivity contribution in [2.24, 2.45) is 4.99 Å². The Kier molecular flexibility index (Phi) is 11.5. The summed E-state index contributed by atoms with van der Waals surface area (Å²) in [6.07, 6.45) is 3.86. The van der Waals surface area contributed by atoms with Crippen LogP contribution in [0.4, 0.5) is 4.39 Å². The first-order chi connectivity index (χ1) is 14.7. The monoisotopic (exact) mass is 544 g/mol. The predicted octanol–water partition coefficient (Wildman–Crippen LogP) is 3.88. The zero-order chi connectivity index (χ0) is 21.0. The van der Waals surface area contributed by atoms with Crippen molar-refractivity contribution in [3.8, 4) is 11.6 Å². The molecule has 0 saturated carbocycles. The molecule has 1 fully saturated rings. The smallest absolute Gasteiger partial charge is 0.219 e. The van der Waals surface area contributed by atoms with E-state index in [0.717, 1.165) is 44.1 Å². The lowest BCUT2D eigenvalue weighted by Crippen LogP contribution is -2.38. The molecule has 3 rings (SSSR count). The Bertz CT molecular complexity index is 784. The maximum Gasteiger partial charge on any atom is 0.219 e. The summed E-state index contributed by atoms with van der Waals surface area (Å²) in [5, 5.41) is 6.55. The number of aromatic nitrogens is 1. The third-order valence-electron chi connectivity index (χ3n) is 4.45. The first-order valence-corrected chi connectivity index (χ1v) is 10.3. The van der Waals surface area contributed by atoms with Gasteiger partial charge < -0.3 is 24.8 Å². The topological polar surface area (TPSA) is 77.0 Å². The Hall–Kier alpha value is -1.98. The van der Waals surface area contributed by atoms with Crippen molar-refractivity contribution >= 4 is 29.9 Å². The van der Waals surface area contributed by atoms with E-state index in [1.54, 1.807) is 24.4 Å². The van der Waals surface area contributed by atoms with Crippen molar-refractivity contribution in [2.45, 2.75) is 32.4 Å². The third kappa shape index (κ3) is 9.36. The minimum Gasteiger partial charge on any atom is -0.439 e. The van der Waals surface area contributed by atoms with Crippen molar-refractivity contribution in [1.29, 1.82) is 0 Å². The van der Waals surface area contributed by atoms with E-state index in [0.29, 0.717) is 31.4 Å². The van der Waals surface area contributed by atoms with Gasteiger partial charge >= 0.3 is 0 Å². The SMILES string of the molecule is CCNC(=NCc1ccc(Oc2ccc(F)cc2)nc1)NCCCOC1CCOC1.I. The summed E-state index contributed by atoms with van der Waals surface area (Å²) >= 11 is 0. The van der Waals surface area contributed by atoms with Gasteiger partial charge in [-0.05, 0) is 49.6 Å². The molecule has 0 amide bonds. The van der Waals surface area contributed by atoms with Gasteiger partial charge in [0.2, 0.25) is 5.88 Å². The number of halogens is 2. The summed E-state index contributed by atoms with van der Waals surface area (Å²) in [6, 6.07) is 9.52. The third-order valence-corrected chi connectivity index (χ3v) is 4.45. The van der Waals surface area contributed by atoms with Crippen LogP contribution in [0.2, 0.25) is 0 Å². The standard InChI is InChI=1S/C22H29FN4O3.HI/c1-2-24-22(25-11-3-12-29-20-10-13-28-16-20)27-15-17-4-9-21(26-14-17)30-19-7-5-18(23)6-8-19;/h4-9,14,20H,2-3,10-13,15-16H2,1H3,(H2,24,25,27);1H. The van der Waals surface area contributed by atoms with Crippen molar-refractivity contribution in [1.82, 2.24) is 15.6 Å². The largest absolute Gasteiger partial charge is 0.439 e. The van der Waals surface area contributed by atoms with Gasteiger partial charge in [0, 0.05) is 38.6 Å². The highest BCUT2D eigenvalue weighted by Gasteiger charge is 2.15. The average molecular weight is 544 g/mol. The van der Waals surface area contributed by atoms with Crippen LogP contribution in [0.15, 0.2) is 47.6 Å². The second-order valence-electron chi connectivity index (χ2n) is 6.89. The maximum atomic E-state index is 13.0. The fourth-order valence-electron chi connectivity index (χ4n) is 2.87. The molecule has 7 nitrogen and oxygen atoms in total. The van der Waals surface area contributed by atoms with Crippen LogP contribution in [0.25, 0.3) is 0 Å². The van der Waals surface area contributed by atoms with Crippen LogP contribution < -0.4 is 15.4 Å². The van der Waals surface area contributed by atoms with Crippen LogP contribution in [0.1, 0.15) is 25.3 Å². The zero-order valence-electron chi connectivity index (χ0n) is 17.7. The van der Waals surface area contributed by atoms with E-state index in [1.807, 2.05) is 13.0 Å². The minimum absolute atomic E-state index is 0. The van der Waals surface area contributed by atoms with Gasteiger partial charge in [-0.3, -0.25) is 0 Å². The molecule has 0 spiro atoms. The normalized spacial score (nSPS) is 15.9. The number of nitrogens with one attached hydrogen (secondary N) is 2. The lowest BCUT2D eigenvalue weighted by molar-refractivity contribution is 0.0420. The lowest BCUT2D eigenvalue weighted by Gasteiger charge is -2.13. The minimum atomic E-state index is -0.301. The summed E-state index contributed by atoms with van der Waals surface area (Å²) in [7, 11) is 0. The summed E-state index contributed by atoms with van der Waals surface area (Å²) in [6.45, 7) is 6.30. The van der Waals surface area contributed by atoms with E-state index in [-0.39, 0.29) is 35.9 Å².